The van der Waals surface area contributed by atoms with Gasteiger partial charge >= 0.3 is 0 Å². The van der Waals surface area contributed by atoms with Gasteiger partial charge in [-0.2, -0.15) is 0 Å². The van der Waals surface area contributed by atoms with Crippen molar-refractivity contribution in [2.24, 2.45) is 5.92 Å². The van der Waals surface area contributed by atoms with E-state index in [0.29, 0.717) is 11.9 Å². The predicted molar refractivity (Wildman–Crippen MR) is 45.2 cm³/mol. The van der Waals surface area contributed by atoms with Gasteiger partial charge in [-0.1, -0.05) is 13.8 Å². The number of hydrogen-bond acceptors (Lipinski definition) is 1. The molecule has 64 valence electrons. The largest absolute Gasteiger partial charge is 0.343 e. The third kappa shape index (κ3) is 1.95. The molecule has 0 aromatic carbocycles. The minimum absolute atomic E-state index is 0.209. The quantitative estimate of drug-likeness (QED) is 0.607. The SMILES string of the molecule is CCC(C)C(=O)N(C)C1CC1. The van der Waals surface area contributed by atoms with Crippen LogP contribution in [0.15, 0.2) is 0 Å². The Hall–Kier alpha value is -0.530. The second-order valence-electron chi connectivity index (χ2n) is 3.49. The highest BCUT2D eigenvalue weighted by atomic mass is 16.2. The molecule has 1 atom stereocenters. The maximum atomic E-state index is 11.5. The van der Waals surface area contributed by atoms with Gasteiger partial charge in [0.1, 0.15) is 0 Å². The fourth-order valence-electron chi connectivity index (χ4n) is 1.16. The van der Waals surface area contributed by atoms with Crippen molar-refractivity contribution in [1.82, 2.24) is 4.90 Å². The van der Waals surface area contributed by atoms with Crippen LogP contribution in [0.1, 0.15) is 33.1 Å². The molecule has 0 spiro atoms. The van der Waals surface area contributed by atoms with Crippen molar-refractivity contribution in [3.63, 3.8) is 0 Å². The zero-order valence-electron chi connectivity index (χ0n) is 7.63. The summed E-state index contributed by atoms with van der Waals surface area (Å²) in [5, 5.41) is 0. The fraction of sp³-hybridized carbons (Fsp3) is 0.889. The summed E-state index contributed by atoms with van der Waals surface area (Å²) in [4.78, 5) is 13.4. The van der Waals surface area contributed by atoms with Gasteiger partial charge in [-0.15, -0.1) is 0 Å². The maximum absolute atomic E-state index is 11.5. The van der Waals surface area contributed by atoms with Crippen molar-refractivity contribution in [1.29, 1.82) is 0 Å². The van der Waals surface area contributed by atoms with Crippen LogP contribution in [0.25, 0.3) is 0 Å². The highest BCUT2D eigenvalue weighted by Crippen LogP contribution is 2.26. The van der Waals surface area contributed by atoms with E-state index in [-0.39, 0.29) is 5.92 Å². The molecule has 1 aliphatic carbocycles. The Bertz CT molecular complexity index is 152. The van der Waals surface area contributed by atoms with Gasteiger partial charge in [0.25, 0.3) is 0 Å². The summed E-state index contributed by atoms with van der Waals surface area (Å²) in [6, 6.07) is 0.566. The summed E-state index contributed by atoms with van der Waals surface area (Å²) in [7, 11) is 1.92. The summed E-state index contributed by atoms with van der Waals surface area (Å²) >= 11 is 0. The van der Waals surface area contributed by atoms with Gasteiger partial charge in [0.05, 0.1) is 0 Å². The van der Waals surface area contributed by atoms with Crippen molar-refractivity contribution in [3.8, 4) is 0 Å². The van der Waals surface area contributed by atoms with Crippen LogP contribution >= 0.6 is 0 Å². The molecule has 1 unspecified atom stereocenters. The van der Waals surface area contributed by atoms with Gasteiger partial charge in [-0.05, 0) is 19.3 Å². The smallest absolute Gasteiger partial charge is 0.225 e. The van der Waals surface area contributed by atoms with E-state index in [1.807, 2.05) is 18.9 Å². The first-order valence-electron chi connectivity index (χ1n) is 4.43. The molecule has 1 aliphatic rings. The molecular formula is C9H17NO. The molecule has 0 bridgehead atoms. The third-order valence-electron chi connectivity index (χ3n) is 2.48. The summed E-state index contributed by atoms with van der Waals surface area (Å²) in [6.07, 6.45) is 3.37. The average Bonchev–Trinajstić information content (AvgIpc) is 2.82. The van der Waals surface area contributed by atoms with Gasteiger partial charge in [-0.25, -0.2) is 0 Å². The van der Waals surface area contributed by atoms with E-state index in [2.05, 4.69) is 6.92 Å². The van der Waals surface area contributed by atoms with Crippen molar-refractivity contribution in [2.45, 2.75) is 39.2 Å². The maximum Gasteiger partial charge on any atom is 0.225 e. The third-order valence-corrected chi connectivity index (χ3v) is 2.48. The van der Waals surface area contributed by atoms with Crippen LogP contribution in [0.5, 0.6) is 0 Å². The van der Waals surface area contributed by atoms with Gasteiger partial charge in [0.15, 0.2) is 0 Å². The Morgan fingerprint density at radius 3 is 2.55 bits per heavy atom. The second-order valence-corrected chi connectivity index (χ2v) is 3.49. The molecule has 0 aliphatic heterocycles. The molecule has 0 aromatic rings. The van der Waals surface area contributed by atoms with Crippen LogP contribution in [0.4, 0.5) is 0 Å². The van der Waals surface area contributed by atoms with Crippen LogP contribution in [0.3, 0.4) is 0 Å². The molecule has 0 radical (unpaired) electrons. The summed E-state index contributed by atoms with van der Waals surface area (Å²) in [6.45, 7) is 4.06. The van der Waals surface area contributed by atoms with E-state index in [1.54, 1.807) is 0 Å². The number of rotatable bonds is 3. The minimum Gasteiger partial charge on any atom is -0.343 e. The Balaban J connectivity index is 2.38. The molecule has 0 saturated heterocycles. The van der Waals surface area contributed by atoms with Gasteiger partial charge in [-0.3, -0.25) is 4.79 Å². The number of carbonyl (C=O) groups excluding carboxylic acids is 1. The van der Waals surface area contributed by atoms with Gasteiger partial charge in [0.2, 0.25) is 5.91 Å². The topological polar surface area (TPSA) is 20.3 Å². The number of nitrogens with zero attached hydrogens (tertiary/aromatic N) is 1. The lowest BCUT2D eigenvalue weighted by Crippen LogP contribution is -2.33. The molecule has 1 fully saturated rings. The Morgan fingerprint density at radius 1 is 1.64 bits per heavy atom. The molecule has 0 aromatic heterocycles. The lowest BCUT2D eigenvalue weighted by molar-refractivity contribution is -0.134. The van der Waals surface area contributed by atoms with Crippen LogP contribution in [-0.2, 0) is 4.79 Å². The normalized spacial score (nSPS) is 19.5. The van der Waals surface area contributed by atoms with E-state index in [4.69, 9.17) is 0 Å². The number of hydrogen-bond donors (Lipinski definition) is 0. The Kier molecular flexibility index (Phi) is 2.53. The van der Waals surface area contributed by atoms with Crippen LogP contribution in [0, 0.1) is 5.92 Å². The monoisotopic (exact) mass is 155 g/mol. The van der Waals surface area contributed by atoms with Crippen molar-refractivity contribution >= 4 is 5.91 Å². The fourth-order valence-corrected chi connectivity index (χ4v) is 1.16. The molecule has 1 amide bonds. The van der Waals surface area contributed by atoms with Crippen molar-refractivity contribution in [3.05, 3.63) is 0 Å². The van der Waals surface area contributed by atoms with E-state index in [0.717, 1.165) is 6.42 Å². The van der Waals surface area contributed by atoms with Gasteiger partial charge < -0.3 is 4.90 Å². The highest BCUT2D eigenvalue weighted by Gasteiger charge is 2.30. The highest BCUT2D eigenvalue weighted by molar-refractivity contribution is 5.78. The molecule has 0 N–H and O–H groups in total. The van der Waals surface area contributed by atoms with Gasteiger partial charge in [0, 0.05) is 19.0 Å². The molecule has 1 rings (SSSR count). The van der Waals surface area contributed by atoms with E-state index in [1.165, 1.54) is 12.8 Å². The summed E-state index contributed by atoms with van der Waals surface area (Å²) in [5.74, 6) is 0.524. The minimum atomic E-state index is 0.209. The first kappa shape index (κ1) is 8.57. The first-order valence-corrected chi connectivity index (χ1v) is 4.43. The van der Waals surface area contributed by atoms with E-state index in [9.17, 15) is 4.79 Å². The van der Waals surface area contributed by atoms with E-state index >= 15 is 0 Å². The molecule has 11 heavy (non-hydrogen) atoms. The molecule has 0 heterocycles. The average molecular weight is 155 g/mol. The summed E-state index contributed by atoms with van der Waals surface area (Å²) < 4.78 is 0. The van der Waals surface area contributed by atoms with E-state index < -0.39 is 0 Å². The van der Waals surface area contributed by atoms with Crippen LogP contribution < -0.4 is 0 Å². The Labute approximate surface area is 68.6 Å². The predicted octanol–water partition coefficient (Wildman–Crippen LogP) is 1.65. The van der Waals surface area contributed by atoms with Crippen molar-refractivity contribution in [2.75, 3.05) is 7.05 Å². The lowest BCUT2D eigenvalue weighted by Gasteiger charge is -2.19. The number of amides is 1. The first-order chi connectivity index (χ1) is 5.16. The van der Waals surface area contributed by atoms with Crippen LogP contribution in [-0.4, -0.2) is 23.9 Å². The van der Waals surface area contributed by atoms with Crippen molar-refractivity contribution < 1.29 is 4.79 Å². The van der Waals surface area contributed by atoms with Crippen LogP contribution in [0.2, 0.25) is 0 Å². The molecular weight excluding hydrogens is 138 g/mol. The molecule has 2 nitrogen and oxygen atoms in total. The zero-order valence-corrected chi connectivity index (χ0v) is 7.63. The summed E-state index contributed by atoms with van der Waals surface area (Å²) in [5.41, 5.74) is 0. The Morgan fingerprint density at radius 2 is 2.18 bits per heavy atom. The molecule has 2 heteroatoms. The standard InChI is InChI=1S/C9H17NO/c1-4-7(2)9(11)10(3)8-5-6-8/h7-8H,4-6H2,1-3H3. The second kappa shape index (κ2) is 3.24. The number of carbonyl (C=O) groups is 1. The molecule has 1 saturated carbocycles. The zero-order chi connectivity index (χ0) is 8.43. The lowest BCUT2D eigenvalue weighted by atomic mass is 10.1.